The fourth-order valence-corrected chi connectivity index (χ4v) is 3.04. The number of hydrogen-bond acceptors (Lipinski definition) is 1. The SMILES string of the molecule is CNC(c1ccccc1C)c1ccc(Cl)cc1Br. The van der Waals surface area contributed by atoms with Gasteiger partial charge >= 0.3 is 0 Å². The molecule has 0 aliphatic rings. The van der Waals surface area contributed by atoms with Crippen LogP contribution in [0.5, 0.6) is 0 Å². The Morgan fingerprint density at radius 3 is 2.44 bits per heavy atom. The van der Waals surface area contributed by atoms with E-state index in [9.17, 15) is 0 Å². The Balaban J connectivity index is 2.49. The second kappa shape index (κ2) is 5.87. The van der Waals surface area contributed by atoms with Crippen molar-refractivity contribution in [1.82, 2.24) is 5.32 Å². The summed E-state index contributed by atoms with van der Waals surface area (Å²) in [5.41, 5.74) is 3.75. The zero-order valence-electron chi connectivity index (χ0n) is 10.4. The minimum Gasteiger partial charge on any atom is -0.309 e. The van der Waals surface area contributed by atoms with Gasteiger partial charge in [0.05, 0.1) is 6.04 Å². The second-order valence-electron chi connectivity index (χ2n) is 4.24. The third-order valence-electron chi connectivity index (χ3n) is 3.06. The molecule has 18 heavy (non-hydrogen) atoms. The van der Waals surface area contributed by atoms with E-state index in [4.69, 9.17) is 11.6 Å². The van der Waals surface area contributed by atoms with Crippen molar-refractivity contribution in [3.63, 3.8) is 0 Å². The Labute approximate surface area is 121 Å². The Morgan fingerprint density at radius 2 is 1.83 bits per heavy atom. The van der Waals surface area contributed by atoms with E-state index in [1.54, 1.807) is 0 Å². The molecular formula is C15H15BrClN. The molecule has 0 radical (unpaired) electrons. The predicted molar refractivity (Wildman–Crippen MR) is 81.2 cm³/mol. The first-order valence-electron chi connectivity index (χ1n) is 5.81. The Bertz CT molecular complexity index is 554. The van der Waals surface area contributed by atoms with E-state index in [2.05, 4.69) is 58.5 Å². The van der Waals surface area contributed by atoms with Crippen molar-refractivity contribution in [1.29, 1.82) is 0 Å². The number of hydrogen-bond donors (Lipinski definition) is 1. The third-order valence-corrected chi connectivity index (χ3v) is 3.98. The quantitative estimate of drug-likeness (QED) is 0.861. The van der Waals surface area contributed by atoms with Crippen LogP contribution in [0.1, 0.15) is 22.7 Å². The lowest BCUT2D eigenvalue weighted by Gasteiger charge is -2.20. The van der Waals surface area contributed by atoms with E-state index in [0.717, 1.165) is 9.50 Å². The molecule has 3 heteroatoms. The molecule has 0 aliphatic heterocycles. The van der Waals surface area contributed by atoms with Crippen molar-refractivity contribution in [2.75, 3.05) is 7.05 Å². The second-order valence-corrected chi connectivity index (χ2v) is 5.53. The monoisotopic (exact) mass is 323 g/mol. The van der Waals surface area contributed by atoms with Gasteiger partial charge in [-0.1, -0.05) is 57.9 Å². The summed E-state index contributed by atoms with van der Waals surface area (Å²) in [4.78, 5) is 0. The minimum absolute atomic E-state index is 0.165. The highest BCUT2D eigenvalue weighted by Crippen LogP contribution is 2.31. The van der Waals surface area contributed by atoms with E-state index >= 15 is 0 Å². The van der Waals surface area contributed by atoms with Crippen LogP contribution in [-0.2, 0) is 0 Å². The molecular weight excluding hydrogens is 310 g/mol. The fourth-order valence-electron chi connectivity index (χ4n) is 2.12. The normalized spacial score (nSPS) is 12.4. The summed E-state index contributed by atoms with van der Waals surface area (Å²) in [5, 5.41) is 4.10. The maximum atomic E-state index is 5.99. The first-order chi connectivity index (χ1) is 8.63. The molecule has 1 atom stereocenters. The average molecular weight is 325 g/mol. The van der Waals surface area contributed by atoms with Gasteiger partial charge in [-0.05, 0) is 42.8 Å². The lowest BCUT2D eigenvalue weighted by Crippen LogP contribution is -2.19. The number of nitrogens with one attached hydrogen (secondary N) is 1. The summed E-state index contributed by atoms with van der Waals surface area (Å²) >= 11 is 9.58. The highest BCUT2D eigenvalue weighted by molar-refractivity contribution is 9.10. The smallest absolute Gasteiger partial charge is 0.0588 e. The molecule has 1 N–H and O–H groups in total. The van der Waals surface area contributed by atoms with Crippen LogP contribution in [0.2, 0.25) is 5.02 Å². The van der Waals surface area contributed by atoms with Gasteiger partial charge in [-0.15, -0.1) is 0 Å². The van der Waals surface area contributed by atoms with Crippen LogP contribution in [0.25, 0.3) is 0 Å². The van der Waals surface area contributed by atoms with Gasteiger partial charge in [0, 0.05) is 9.50 Å². The molecule has 0 saturated heterocycles. The largest absolute Gasteiger partial charge is 0.309 e. The van der Waals surface area contributed by atoms with Gasteiger partial charge in [0.25, 0.3) is 0 Å². The van der Waals surface area contributed by atoms with Crippen molar-refractivity contribution >= 4 is 27.5 Å². The molecule has 0 bridgehead atoms. The Kier molecular flexibility index (Phi) is 4.44. The van der Waals surface area contributed by atoms with Crippen molar-refractivity contribution in [2.45, 2.75) is 13.0 Å². The molecule has 1 nitrogen and oxygen atoms in total. The van der Waals surface area contributed by atoms with Crippen LogP contribution < -0.4 is 5.32 Å². The van der Waals surface area contributed by atoms with Crippen molar-refractivity contribution in [3.05, 3.63) is 68.7 Å². The first kappa shape index (κ1) is 13.6. The van der Waals surface area contributed by atoms with Gasteiger partial charge < -0.3 is 5.32 Å². The molecule has 0 aliphatic carbocycles. The summed E-state index contributed by atoms with van der Waals surface area (Å²) in [6, 6.07) is 14.5. The molecule has 2 rings (SSSR count). The number of rotatable bonds is 3. The first-order valence-corrected chi connectivity index (χ1v) is 6.98. The maximum absolute atomic E-state index is 5.99. The molecule has 0 fully saturated rings. The van der Waals surface area contributed by atoms with Gasteiger partial charge in [-0.25, -0.2) is 0 Å². The number of benzene rings is 2. The standard InChI is InChI=1S/C15H15BrClN/c1-10-5-3-4-6-12(10)15(18-2)13-8-7-11(17)9-14(13)16/h3-9,15,18H,1-2H3. The van der Waals surface area contributed by atoms with Gasteiger partial charge in [0.15, 0.2) is 0 Å². The lowest BCUT2D eigenvalue weighted by atomic mass is 9.95. The van der Waals surface area contributed by atoms with Gasteiger partial charge in [0.1, 0.15) is 0 Å². The van der Waals surface area contributed by atoms with E-state index < -0.39 is 0 Å². The summed E-state index contributed by atoms with van der Waals surface area (Å²) in [5.74, 6) is 0. The van der Waals surface area contributed by atoms with E-state index in [0.29, 0.717) is 0 Å². The van der Waals surface area contributed by atoms with Crippen LogP contribution >= 0.6 is 27.5 Å². The van der Waals surface area contributed by atoms with Crippen molar-refractivity contribution in [2.24, 2.45) is 0 Å². The highest BCUT2D eigenvalue weighted by Gasteiger charge is 2.16. The van der Waals surface area contributed by atoms with Crippen LogP contribution in [0.4, 0.5) is 0 Å². The Morgan fingerprint density at radius 1 is 1.11 bits per heavy atom. The molecule has 94 valence electrons. The summed E-state index contributed by atoms with van der Waals surface area (Å²) in [6.45, 7) is 2.13. The maximum Gasteiger partial charge on any atom is 0.0588 e. The summed E-state index contributed by atoms with van der Waals surface area (Å²) in [7, 11) is 1.97. The van der Waals surface area contributed by atoms with Gasteiger partial charge in [-0.3, -0.25) is 0 Å². The molecule has 2 aromatic rings. The molecule has 0 saturated carbocycles. The lowest BCUT2D eigenvalue weighted by molar-refractivity contribution is 0.685. The van der Waals surface area contributed by atoms with Crippen LogP contribution in [-0.4, -0.2) is 7.05 Å². The molecule has 0 aromatic heterocycles. The predicted octanol–water partition coefficient (Wildman–Crippen LogP) is 4.72. The molecule has 0 heterocycles. The van der Waals surface area contributed by atoms with Gasteiger partial charge in [-0.2, -0.15) is 0 Å². The zero-order chi connectivity index (χ0) is 13.1. The van der Waals surface area contributed by atoms with Crippen molar-refractivity contribution < 1.29 is 0 Å². The van der Waals surface area contributed by atoms with Crippen LogP contribution in [0.15, 0.2) is 46.9 Å². The fraction of sp³-hybridized carbons (Fsp3) is 0.200. The van der Waals surface area contributed by atoms with E-state index in [-0.39, 0.29) is 6.04 Å². The molecule has 1 unspecified atom stereocenters. The van der Waals surface area contributed by atoms with Gasteiger partial charge in [0.2, 0.25) is 0 Å². The Hall–Kier alpha value is -0.830. The average Bonchev–Trinajstić information content (AvgIpc) is 2.34. The summed E-state index contributed by atoms with van der Waals surface area (Å²) < 4.78 is 1.03. The van der Waals surface area contributed by atoms with Crippen molar-refractivity contribution in [3.8, 4) is 0 Å². The molecule has 0 amide bonds. The van der Waals surface area contributed by atoms with E-state index in [1.807, 2.05) is 19.2 Å². The minimum atomic E-state index is 0.165. The third kappa shape index (κ3) is 2.77. The number of aryl methyl sites for hydroxylation is 1. The van der Waals surface area contributed by atoms with E-state index in [1.165, 1.54) is 16.7 Å². The topological polar surface area (TPSA) is 12.0 Å². The molecule has 2 aromatic carbocycles. The summed E-state index contributed by atoms with van der Waals surface area (Å²) in [6.07, 6.45) is 0. The van der Waals surface area contributed by atoms with Crippen LogP contribution in [0, 0.1) is 6.92 Å². The van der Waals surface area contributed by atoms with Crippen LogP contribution in [0.3, 0.4) is 0 Å². The zero-order valence-corrected chi connectivity index (χ0v) is 12.7. The number of halogens is 2. The highest BCUT2D eigenvalue weighted by atomic mass is 79.9. The molecule has 0 spiro atoms.